The van der Waals surface area contributed by atoms with Crippen LogP contribution in [0.1, 0.15) is 66.4 Å². The van der Waals surface area contributed by atoms with E-state index in [1.807, 2.05) is 28.9 Å². The third kappa shape index (κ3) is 4.75. The van der Waals surface area contributed by atoms with E-state index in [1.165, 1.54) is 30.4 Å². The number of H-pyrrole nitrogens is 1. The van der Waals surface area contributed by atoms with Crippen LogP contribution in [0.25, 0.3) is 10.9 Å². The van der Waals surface area contributed by atoms with Crippen LogP contribution in [0, 0.1) is 13.8 Å². The molecule has 1 N–H and O–H groups in total. The van der Waals surface area contributed by atoms with E-state index in [2.05, 4.69) is 45.3 Å². The Labute approximate surface area is 192 Å². The fraction of sp³-hybridized carbons (Fsp3) is 0.440. The number of hydrogen-bond donors (Lipinski definition) is 1. The number of aromatic nitrogens is 5. The topological polar surface area (TPSA) is 92.8 Å². The molecule has 0 bridgehead atoms. The van der Waals surface area contributed by atoms with Crippen LogP contribution in [0.5, 0.6) is 0 Å². The fourth-order valence-electron chi connectivity index (χ4n) is 4.80. The smallest absolute Gasteiger partial charge is 0.252 e. The Balaban J connectivity index is 1.44. The van der Waals surface area contributed by atoms with Gasteiger partial charge in [0.05, 0.1) is 25.4 Å². The summed E-state index contributed by atoms with van der Waals surface area (Å²) in [5, 5.41) is 13.7. The van der Waals surface area contributed by atoms with Crippen LogP contribution in [0.3, 0.4) is 0 Å². The van der Waals surface area contributed by atoms with Crippen LogP contribution in [0.15, 0.2) is 45.8 Å². The maximum Gasteiger partial charge on any atom is 0.252 e. The quantitative estimate of drug-likeness (QED) is 0.451. The summed E-state index contributed by atoms with van der Waals surface area (Å²) in [5.74, 6) is 1.67. The molecule has 3 heterocycles. The van der Waals surface area contributed by atoms with E-state index < -0.39 is 0 Å². The summed E-state index contributed by atoms with van der Waals surface area (Å²) in [5.41, 5.74) is 3.89. The lowest BCUT2D eigenvalue weighted by atomic mass is 9.95. The van der Waals surface area contributed by atoms with Gasteiger partial charge in [0.1, 0.15) is 5.76 Å². The molecule has 0 radical (unpaired) electrons. The predicted molar refractivity (Wildman–Crippen MR) is 126 cm³/mol. The molecule has 1 fully saturated rings. The molecule has 1 saturated carbocycles. The van der Waals surface area contributed by atoms with Gasteiger partial charge in [-0.1, -0.05) is 19.3 Å². The first-order chi connectivity index (χ1) is 16.1. The number of rotatable bonds is 7. The van der Waals surface area contributed by atoms with Gasteiger partial charge in [0, 0.05) is 17.6 Å². The van der Waals surface area contributed by atoms with Gasteiger partial charge >= 0.3 is 0 Å². The molecule has 8 heteroatoms. The Morgan fingerprint density at radius 3 is 2.70 bits per heavy atom. The van der Waals surface area contributed by atoms with Crippen LogP contribution in [0.2, 0.25) is 0 Å². The Morgan fingerprint density at radius 2 is 1.91 bits per heavy atom. The van der Waals surface area contributed by atoms with Gasteiger partial charge in [0.2, 0.25) is 0 Å². The summed E-state index contributed by atoms with van der Waals surface area (Å²) in [7, 11) is 0. The molecule has 8 nitrogen and oxygen atoms in total. The Kier molecular flexibility index (Phi) is 6.09. The number of aromatic amines is 1. The maximum absolute atomic E-state index is 12.9. The Bertz CT molecular complexity index is 1280. The lowest BCUT2D eigenvalue weighted by Gasteiger charge is -2.25. The van der Waals surface area contributed by atoms with Crippen LogP contribution in [-0.2, 0) is 19.6 Å². The van der Waals surface area contributed by atoms with E-state index in [9.17, 15) is 4.79 Å². The third-order valence-electron chi connectivity index (χ3n) is 6.74. The second-order valence-corrected chi connectivity index (χ2v) is 9.20. The summed E-state index contributed by atoms with van der Waals surface area (Å²) in [4.78, 5) is 18.2. The number of tetrazole rings is 1. The molecule has 0 atom stereocenters. The van der Waals surface area contributed by atoms with Crippen molar-refractivity contribution in [2.45, 2.75) is 71.6 Å². The molecule has 4 aromatic rings. The second-order valence-electron chi connectivity index (χ2n) is 9.20. The average molecular weight is 447 g/mol. The highest BCUT2D eigenvalue weighted by Crippen LogP contribution is 2.28. The van der Waals surface area contributed by atoms with E-state index in [-0.39, 0.29) is 5.56 Å². The molecular formula is C25H30N6O2. The van der Waals surface area contributed by atoms with Gasteiger partial charge in [-0.15, -0.1) is 5.10 Å². The van der Waals surface area contributed by atoms with Gasteiger partial charge in [0.15, 0.2) is 5.82 Å². The molecule has 0 spiro atoms. The van der Waals surface area contributed by atoms with Crippen molar-refractivity contribution in [2.24, 2.45) is 0 Å². The van der Waals surface area contributed by atoms with Crippen LogP contribution in [-0.4, -0.2) is 30.1 Å². The highest BCUT2D eigenvalue weighted by atomic mass is 16.3. The molecule has 1 aliphatic rings. The molecule has 0 unspecified atom stereocenters. The van der Waals surface area contributed by atoms with Crippen LogP contribution in [0.4, 0.5) is 0 Å². The monoisotopic (exact) mass is 446 g/mol. The first-order valence-electron chi connectivity index (χ1n) is 11.7. The molecule has 0 aliphatic heterocycles. The Morgan fingerprint density at radius 1 is 1.09 bits per heavy atom. The van der Waals surface area contributed by atoms with Crippen molar-refractivity contribution in [1.29, 1.82) is 0 Å². The normalized spacial score (nSPS) is 15.0. The minimum Gasteiger partial charge on any atom is -0.468 e. The van der Waals surface area contributed by atoms with Crippen LogP contribution < -0.4 is 5.56 Å². The minimum atomic E-state index is -0.0675. The molecule has 5 rings (SSSR count). The van der Waals surface area contributed by atoms with Gasteiger partial charge in [-0.3, -0.25) is 9.69 Å². The molecule has 0 amide bonds. The maximum atomic E-state index is 12.9. The number of furan rings is 1. The third-order valence-corrected chi connectivity index (χ3v) is 6.74. The van der Waals surface area contributed by atoms with Crippen molar-refractivity contribution in [1.82, 2.24) is 30.1 Å². The minimum absolute atomic E-state index is 0.0675. The molecule has 172 valence electrons. The second kappa shape index (κ2) is 9.31. The van der Waals surface area contributed by atoms with E-state index >= 15 is 0 Å². The van der Waals surface area contributed by atoms with E-state index in [1.54, 1.807) is 6.26 Å². The molecule has 1 aromatic carbocycles. The molecular weight excluding hydrogens is 416 g/mol. The lowest BCUT2D eigenvalue weighted by molar-refractivity contribution is 0.209. The summed E-state index contributed by atoms with van der Waals surface area (Å²) in [6.07, 6.45) is 7.60. The molecule has 33 heavy (non-hydrogen) atoms. The van der Waals surface area contributed by atoms with Crippen molar-refractivity contribution in [3.05, 3.63) is 75.2 Å². The van der Waals surface area contributed by atoms with Crippen LogP contribution >= 0.6 is 0 Å². The lowest BCUT2D eigenvalue weighted by Crippen LogP contribution is -2.28. The largest absolute Gasteiger partial charge is 0.468 e. The zero-order valence-electron chi connectivity index (χ0n) is 19.3. The zero-order chi connectivity index (χ0) is 22.8. The number of benzene rings is 1. The van der Waals surface area contributed by atoms with Gasteiger partial charge in [-0.05, 0) is 84.0 Å². The predicted octanol–water partition coefficient (Wildman–Crippen LogP) is 4.43. The van der Waals surface area contributed by atoms with Crippen molar-refractivity contribution in [3.63, 3.8) is 0 Å². The van der Waals surface area contributed by atoms with Crippen molar-refractivity contribution in [2.75, 3.05) is 0 Å². The van der Waals surface area contributed by atoms with Gasteiger partial charge in [-0.2, -0.15) is 0 Å². The van der Waals surface area contributed by atoms with E-state index in [0.717, 1.165) is 35.3 Å². The van der Waals surface area contributed by atoms with Gasteiger partial charge in [-0.25, -0.2) is 4.68 Å². The molecule has 0 saturated heterocycles. The highest BCUT2D eigenvalue weighted by molar-refractivity contribution is 5.80. The summed E-state index contributed by atoms with van der Waals surface area (Å²) >= 11 is 0. The number of hydrogen-bond acceptors (Lipinski definition) is 6. The molecule has 1 aliphatic carbocycles. The average Bonchev–Trinajstić information content (AvgIpc) is 3.48. The van der Waals surface area contributed by atoms with Gasteiger partial charge in [0.25, 0.3) is 5.56 Å². The number of fused-ring (bicyclic) bond motifs is 1. The van der Waals surface area contributed by atoms with E-state index in [4.69, 9.17) is 4.42 Å². The van der Waals surface area contributed by atoms with Crippen molar-refractivity contribution < 1.29 is 4.42 Å². The SMILES string of the molecule is Cc1cc2cc(CN(Cc3ccco3)Cc3nnnn3C3CCCCC3)c(=O)[nH]c2cc1C. The first-order valence-corrected chi connectivity index (χ1v) is 11.7. The summed E-state index contributed by atoms with van der Waals surface area (Å²) < 4.78 is 7.60. The van der Waals surface area contributed by atoms with Crippen molar-refractivity contribution >= 4 is 10.9 Å². The zero-order valence-corrected chi connectivity index (χ0v) is 19.3. The number of nitrogens with one attached hydrogen (secondary N) is 1. The summed E-state index contributed by atoms with van der Waals surface area (Å²) in [6, 6.07) is 10.4. The number of aryl methyl sites for hydroxylation is 2. The summed E-state index contributed by atoms with van der Waals surface area (Å²) in [6.45, 7) is 5.72. The fourth-order valence-corrected chi connectivity index (χ4v) is 4.80. The standard InChI is InChI=1S/C25H30N6O2/c1-17-11-19-13-20(25(32)26-23(19)12-18(17)2)14-30(15-22-9-6-10-33-22)16-24-27-28-29-31(24)21-7-4-3-5-8-21/h6,9-13,21H,3-5,7-8,14-16H2,1-2H3,(H,26,32). The highest BCUT2D eigenvalue weighted by Gasteiger charge is 2.22. The van der Waals surface area contributed by atoms with E-state index in [0.29, 0.717) is 31.2 Å². The number of pyridine rings is 1. The van der Waals surface area contributed by atoms with Gasteiger partial charge < -0.3 is 9.40 Å². The Hall–Kier alpha value is -3.26. The molecule has 3 aromatic heterocycles. The van der Waals surface area contributed by atoms with Crippen molar-refractivity contribution in [3.8, 4) is 0 Å². The number of nitrogens with zero attached hydrogens (tertiary/aromatic N) is 5. The first kappa shape index (κ1) is 21.6.